The zero-order valence-electron chi connectivity index (χ0n) is 8.12. The molecule has 76 valence electrons. The van der Waals surface area contributed by atoms with Gasteiger partial charge >= 0.3 is 6.03 Å². The molecule has 0 fully saturated rings. The summed E-state index contributed by atoms with van der Waals surface area (Å²) in [7, 11) is 0. The van der Waals surface area contributed by atoms with Crippen LogP contribution >= 0.6 is 0 Å². The number of aromatic nitrogens is 1. The van der Waals surface area contributed by atoms with Gasteiger partial charge in [0.1, 0.15) is 5.76 Å². The SMILES string of the molecule is CCNC(=O)N1CCc2oncc2C1. The van der Waals surface area contributed by atoms with Crippen molar-refractivity contribution in [2.75, 3.05) is 13.1 Å². The van der Waals surface area contributed by atoms with E-state index in [1.54, 1.807) is 11.1 Å². The first-order valence-electron chi connectivity index (χ1n) is 4.76. The van der Waals surface area contributed by atoms with E-state index in [2.05, 4.69) is 10.5 Å². The fourth-order valence-corrected chi connectivity index (χ4v) is 1.58. The molecule has 0 radical (unpaired) electrons. The van der Waals surface area contributed by atoms with Crippen molar-refractivity contribution in [3.05, 3.63) is 17.5 Å². The molecule has 0 saturated carbocycles. The van der Waals surface area contributed by atoms with Crippen molar-refractivity contribution in [1.82, 2.24) is 15.4 Å². The summed E-state index contributed by atoms with van der Waals surface area (Å²) in [5.41, 5.74) is 1.02. The zero-order valence-corrected chi connectivity index (χ0v) is 8.12. The van der Waals surface area contributed by atoms with E-state index in [1.165, 1.54) is 0 Å². The largest absolute Gasteiger partial charge is 0.361 e. The van der Waals surface area contributed by atoms with Crippen molar-refractivity contribution in [1.29, 1.82) is 0 Å². The minimum absolute atomic E-state index is 0.0145. The van der Waals surface area contributed by atoms with Crippen molar-refractivity contribution < 1.29 is 9.32 Å². The number of hydrogen-bond acceptors (Lipinski definition) is 3. The third kappa shape index (κ3) is 1.57. The van der Waals surface area contributed by atoms with E-state index >= 15 is 0 Å². The standard InChI is InChI=1S/C9H13N3O2/c1-2-10-9(13)12-4-3-8-7(6-12)5-11-14-8/h5H,2-4,6H2,1H3,(H,10,13). The summed E-state index contributed by atoms with van der Waals surface area (Å²) in [5, 5.41) is 6.48. The Labute approximate surface area is 82.1 Å². The number of nitrogens with one attached hydrogen (secondary N) is 1. The van der Waals surface area contributed by atoms with Gasteiger partial charge in [0.15, 0.2) is 0 Å². The van der Waals surface area contributed by atoms with E-state index in [0.29, 0.717) is 19.6 Å². The quantitative estimate of drug-likeness (QED) is 0.719. The van der Waals surface area contributed by atoms with Gasteiger partial charge in [-0.1, -0.05) is 5.16 Å². The third-order valence-electron chi connectivity index (χ3n) is 2.31. The summed E-state index contributed by atoms with van der Waals surface area (Å²) in [5.74, 6) is 0.908. The Kier molecular flexibility index (Phi) is 2.39. The van der Waals surface area contributed by atoms with Crippen molar-refractivity contribution in [3.8, 4) is 0 Å². The van der Waals surface area contributed by atoms with Crippen LogP contribution in [0.1, 0.15) is 18.2 Å². The Bertz CT molecular complexity index is 335. The smallest absolute Gasteiger partial charge is 0.317 e. The number of fused-ring (bicyclic) bond motifs is 1. The van der Waals surface area contributed by atoms with Crippen molar-refractivity contribution in [2.45, 2.75) is 19.9 Å². The normalized spacial score (nSPS) is 15.1. The van der Waals surface area contributed by atoms with Gasteiger partial charge in [-0.05, 0) is 6.92 Å². The van der Waals surface area contributed by atoms with Gasteiger partial charge in [0.2, 0.25) is 0 Å². The fraction of sp³-hybridized carbons (Fsp3) is 0.556. The van der Waals surface area contributed by atoms with Crippen LogP contribution in [0, 0.1) is 0 Å². The molecule has 1 aromatic rings. The molecule has 2 heterocycles. The highest BCUT2D eigenvalue weighted by Gasteiger charge is 2.22. The molecule has 0 aromatic carbocycles. The molecule has 0 aliphatic carbocycles. The Hall–Kier alpha value is -1.52. The zero-order chi connectivity index (χ0) is 9.97. The highest BCUT2D eigenvalue weighted by Crippen LogP contribution is 2.17. The van der Waals surface area contributed by atoms with Crippen LogP contribution in [0.5, 0.6) is 0 Å². The molecule has 1 N–H and O–H groups in total. The molecule has 5 nitrogen and oxygen atoms in total. The summed E-state index contributed by atoms with van der Waals surface area (Å²) in [6, 6.07) is -0.0145. The van der Waals surface area contributed by atoms with E-state index in [0.717, 1.165) is 17.7 Å². The van der Waals surface area contributed by atoms with Gasteiger partial charge in [0.05, 0.1) is 12.7 Å². The number of hydrogen-bond donors (Lipinski definition) is 1. The number of carbonyl (C=O) groups is 1. The van der Waals surface area contributed by atoms with Gasteiger partial charge < -0.3 is 14.7 Å². The number of amides is 2. The molecule has 0 bridgehead atoms. The second kappa shape index (κ2) is 3.69. The predicted molar refractivity (Wildman–Crippen MR) is 49.7 cm³/mol. The topological polar surface area (TPSA) is 58.4 Å². The lowest BCUT2D eigenvalue weighted by molar-refractivity contribution is 0.189. The van der Waals surface area contributed by atoms with Gasteiger partial charge in [0, 0.05) is 25.1 Å². The molecule has 5 heteroatoms. The average Bonchev–Trinajstić information content (AvgIpc) is 2.64. The monoisotopic (exact) mass is 195 g/mol. The molecular weight excluding hydrogens is 182 g/mol. The molecule has 0 spiro atoms. The lowest BCUT2D eigenvalue weighted by Gasteiger charge is -2.25. The van der Waals surface area contributed by atoms with Gasteiger partial charge in [-0.2, -0.15) is 0 Å². The van der Waals surface area contributed by atoms with E-state index in [4.69, 9.17) is 4.52 Å². The summed E-state index contributed by atoms with van der Waals surface area (Å²) >= 11 is 0. The van der Waals surface area contributed by atoms with Crippen molar-refractivity contribution in [2.24, 2.45) is 0 Å². The number of carbonyl (C=O) groups excluding carboxylic acids is 1. The number of rotatable bonds is 1. The summed E-state index contributed by atoms with van der Waals surface area (Å²) in [4.78, 5) is 13.3. The van der Waals surface area contributed by atoms with Gasteiger partial charge in [-0.3, -0.25) is 0 Å². The lowest BCUT2D eigenvalue weighted by atomic mass is 10.1. The summed E-state index contributed by atoms with van der Waals surface area (Å²) in [6.07, 6.45) is 2.44. The van der Waals surface area contributed by atoms with Crippen LogP contribution in [0.4, 0.5) is 4.79 Å². The van der Waals surface area contributed by atoms with Crippen LogP contribution in [-0.2, 0) is 13.0 Å². The lowest BCUT2D eigenvalue weighted by Crippen LogP contribution is -2.42. The molecule has 2 amide bonds. The average molecular weight is 195 g/mol. The highest BCUT2D eigenvalue weighted by atomic mass is 16.5. The summed E-state index contributed by atoms with van der Waals surface area (Å²) < 4.78 is 5.04. The molecule has 1 aliphatic rings. The van der Waals surface area contributed by atoms with Crippen LogP contribution in [0.25, 0.3) is 0 Å². The highest BCUT2D eigenvalue weighted by molar-refractivity contribution is 5.74. The van der Waals surface area contributed by atoms with E-state index in [9.17, 15) is 4.79 Å². The Morgan fingerprint density at radius 3 is 3.43 bits per heavy atom. The molecule has 0 unspecified atom stereocenters. The fourth-order valence-electron chi connectivity index (χ4n) is 1.58. The van der Waals surface area contributed by atoms with Crippen LogP contribution < -0.4 is 5.32 Å². The second-order valence-electron chi connectivity index (χ2n) is 3.28. The number of urea groups is 1. The number of nitrogens with zero attached hydrogens (tertiary/aromatic N) is 2. The van der Waals surface area contributed by atoms with E-state index < -0.39 is 0 Å². The van der Waals surface area contributed by atoms with Crippen molar-refractivity contribution >= 4 is 6.03 Å². The molecule has 14 heavy (non-hydrogen) atoms. The maximum Gasteiger partial charge on any atom is 0.317 e. The van der Waals surface area contributed by atoms with Crippen molar-refractivity contribution in [3.63, 3.8) is 0 Å². The maximum absolute atomic E-state index is 11.5. The molecule has 1 aromatic heterocycles. The minimum Gasteiger partial charge on any atom is -0.361 e. The Morgan fingerprint density at radius 1 is 1.79 bits per heavy atom. The van der Waals surface area contributed by atoms with Crippen LogP contribution in [0.15, 0.2) is 10.7 Å². The second-order valence-corrected chi connectivity index (χ2v) is 3.28. The van der Waals surface area contributed by atoms with Crippen LogP contribution in [0.2, 0.25) is 0 Å². The van der Waals surface area contributed by atoms with E-state index in [-0.39, 0.29) is 6.03 Å². The molecule has 2 rings (SSSR count). The third-order valence-corrected chi connectivity index (χ3v) is 2.31. The van der Waals surface area contributed by atoms with Gasteiger partial charge in [-0.25, -0.2) is 4.79 Å². The Morgan fingerprint density at radius 2 is 2.64 bits per heavy atom. The van der Waals surface area contributed by atoms with Gasteiger partial charge in [-0.15, -0.1) is 0 Å². The summed E-state index contributed by atoms with van der Waals surface area (Å²) in [6.45, 7) is 3.87. The Balaban J connectivity index is 2.04. The first-order chi connectivity index (χ1) is 6.81. The predicted octanol–water partition coefficient (Wildman–Crippen LogP) is 0.762. The van der Waals surface area contributed by atoms with Gasteiger partial charge in [0.25, 0.3) is 0 Å². The molecule has 0 saturated heterocycles. The van der Waals surface area contributed by atoms with E-state index in [1.807, 2.05) is 6.92 Å². The minimum atomic E-state index is -0.0145. The van der Waals surface area contributed by atoms with Crippen LogP contribution in [0.3, 0.4) is 0 Å². The maximum atomic E-state index is 11.5. The first-order valence-corrected chi connectivity index (χ1v) is 4.76. The molecule has 1 aliphatic heterocycles. The molecule has 0 atom stereocenters. The first kappa shape index (κ1) is 9.05. The molecular formula is C9H13N3O2. The van der Waals surface area contributed by atoms with Crippen LogP contribution in [-0.4, -0.2) is 29.2 Å².